The van der Waals surface area contributed by atoms with Crippen LogP contribution in [0.2, 0.25) is 0 Å². The van der Waals surface area contributed by atoms with E-state index in [0.717, 1.165) is 22.6 Å². The van der Waals surface area contributed by atoms with E-state index >= 15 is 0 Å². The fourth-order valence-corrected chi connectivity index (χ4v) is 5.54. The van der Waals surface area contributed by atoms with Crippen molar-refractivity contribution in [3.8, 4) is 11.5 Å². The molecule has 2 unspecified atom stereocenters. The highest BCUT2D eigenvalue weighted by atomic mass is 31.2. The fourth-order valence-electron chi connectivity index (χ4n) is 3.08. The van der Waals surface area contributed by atoms with Crippen molar-refractivity contribution in [2.45, 2.75) is 39.3 Å². The molecule has 1 aromatic heterocycles. The Balaban J connectivity index is 1.90. The monoisotopic (exact) mass is 390 g/mol. The number of ether oxygens (including phenoxy) is 1. The van der Waals surface area contributed by atoms with Crippen LogP contribution < -0.4 is 9.82 Å². The van der Waals surface area contributed by atoms with Gasteiger partial charge in [-0.1, -0.05) is 6.07 Å². The number of hydrogen-bond donors (Lipinski definition) is 3. The summed E-state index contributed by atoms with van der Waals surface area (Å²) in [7, 11) is -1.41. The third-order valence-electron chi connectivity index (χ3n) is 4.59. The maximum absolute atomic E-state index is 11.3. The van der Waals surface area contributed by atoms with E-state index in [1.165, 1.54) is 7.11 Å². The number of rotatable bonds is 6. The Morgan fingerprint density at radius 1 is 1.22 bits per heavy atom. The Kier molecular flexibility index (Phi) is 5.53. The van der Waals surface area contributed by atoms with Crippen LogP contribution in [0.15, 0.2) is 42.0 Å². The zero-order valence-corrected chi connectivity index (χ0v) is 16.8. The van der Waals surface area contributed by atoms with Crippen LogP contribution in [0.5, 0.6) is 11.5 Å². The summed E-state index contributed by atoms with van der Waals surface area (Å²) in [5.74, 6) is 1.19. The van der Waals surface area contributed by atoms with E-state index in [1.807, 2.05) is 26.8 Å². The number of benzene rings is 1. The molecule has 2 atom stereocenters. The largest absolute Gasteiger partial charge is 0.504 e. The van der Waals surface area contributed by atoms with Gasteiger partial charge in [-0.15, -0.1) is 0 Å². The molecule has 0 bridgehead atoms. The number of nitrogens with zero attached hydrogens (tertiary/aromatic N) is 2. The predicted molar refractivity (Wildman–Crippen MR) is 104 cm³/mol. The molecular formula is C19H25N3O4P+. The number of aryl methyl sites for hydroxylation is 1. The van der Waals surface area contributed by atoms with Crippen LogP contribution in [-0.2, 0) is 17.4 Å². The molecule has 27 heavy (non-hydrogen) atoms. The zero-order chi connectivity index (χ0) is 19.6. The summed E-state index contributed by atoms with van der Waals surface area (Å²) < 4.78 is 11.1. The number of methoxy groups -OCH3 is 1. The molecule has 2 aromatic rings. The van der Waals surface area contributed by atoms with Gasteiger partial charge in [-0.2, -0.15) is 4.89 Å². The summed E-state index contributed by atoms with van der Waals surface area (Å²) >= 11 is 0. The molecule has 0 amide bonds. The second-order valence-corrected chi connectivity index (χ2v) is 9.11. The van der Waals surface area contributed by atoms with E-state index in [1.54, 1.807) is 24.5 Å². The van der Waals surface area contributed by atoms with Gasteiger partial charge in [0.25, 0.3) is 0 Å². The number of phenolic OH excluding ortho intramolecular Hbond substituents is 1. The van der Waals surface area contributed by atoms with Gasteiger partial charge < -0.3 is 9.84 Å². The van der Waals surface area contributed by atoms with E-state index in [2.05, 4.69) is 15.1 Å². The van der Waals surface area contributed by atoms with E-state index in [-0.39, 0.29) is 11.4 Å². The molecule has 3 rings (SSSR count). The van der Waals surface area contributed by atoms with Gasteiger partial charge in [0.1, 0.15) is 0 Å². The zero-order valence-electron chi connectivity index (χ0n) is 15.9. The average Bonchev–Trinajstić information content (AvgIpc) is 2.89. The lowest BCUT2D eigenvalue weighted by atomic mass is 10.1. The lowest BCUT2D eigenvalue weighted by Crippen LogP contribution is -2.27. The summed E-state index contributed by atoms with van der Waals surface area (Å²) in [5, 5.41) is 13.0. The molecular weight excluding hydrogens is 365 g/mol. The summed E-state index contributed by atoms with van der Waals surface area (Å²) in [5.41, 5.74) is 3.15. The fraction of sp³-hybridized carbons (Fsp3) is 0.368. The lowest BCUT2D eigenvalue weighted by molar-refractivity contribution is 0.369. The van der Waals surface area contributed by atoms with Gasteiger partial charge in [0, 0.05) is 32.2 Å². The Morgan fingerprint density at radius 3 is 2.63 bits per heavy atom. The van der Waals surface area contributed by atoms with Gasteiger partial charge in [-0.3, -0.25) is 14.5 Å². The molecule has 0 spiro atoms. The maximum Gasteiger partial charge on any atom is 0.416 e. The molecule has 144 valence electrons. The number of nitrogens with one attached hydrogen (secondary N) is 1. The van der Waals surface area contributed by atoms with E-state index < -0.39 is 7.87 Å². The quantitative estimate of drug-likeness (QED) is 0.651. The molecule has 0 radical (unpaired) electrons. The highest BCUT2D eigenvalue weighted by Crippen LogP contribution is 2.63. The van der Waals surface area contributed by atoms with Crippen LogP contribution in [0.1, 0.15) is 30.8 Å². The SMILES string of the molecule is COc1cc(CC(Cc2cncc(C)n2)[P+]2(O)NC(C)=C(C)O2)ccc1O. The van der Waals surface area contributed by atoms with E-state index in [0.29, 0.717) is 24.4 Å². The number of phenols is 1. The number of allylic oxidation sites excluding steroid dienone is 2. The van der Waals surface area contributed by atoms with Crippen LogP contribution >= 0.6 is 7.87 Å². The topological polar surface area (TPSA) is 96.7 Å². The van der Waals surface area contributed by atoms with Crippen molar-refractivity contribution < 1.29 is 19.3 Å². The van der Waals surface area contributed by atoms with Crippen LogP contribution in [0.3, 0.4) is 0 Å². The normalized spacial score (nSPS) is 20.2. The lowest BCUT2D eigenvalue weighted by Gasteiger charge is -2.23. The molecule has 2 heterocycles. The molecule has 3 N–H and O–H groups in total. The summed E-state index contributed by atoms with van der Waals surface area (Å²) in [6, 6.07) is 5.19. The smallest absolute Gasteiger partial charge is 0.416 e. The van der Waals surface area contributed by atoms with Gasteiger partial charge in [-0.05, 0) is 31.5 Å². The van der Waals surface area contributed by atoms with Gasteiger partial charge in [-0.25, -0.2) is 5.09 Å². The molecule has 0 saturated heterocycles. The summed E-state index contributed by atoms with van der Waals surface area (Å²) in [4.78, 5) is 20.0. The Hall–Kier alpha value is -2.37. The first kappa shape index (κ1) is 19.4. The molecule has 0 saturated carbocycles. The summed E-state index contributed by atoms with van der Waals surface area (Å²) in [6.45, 7) is 5.62. The van der Waals surface area contributed by atoms with Crippen LogP contribution in [-0.4, -0.2) is 32.7 Å². The first-order chi connectivity index (χ1) is 12.8. The van der Waals surface area contributed by atoms with Gasteiger partial charge >= 0.3 is 7.87 Å². The highest BCUT2D eigenvalue weighted by Gasteiger charge is 2.53. The van der Waals surface area contributed by atoms with Crippen molar-refractivity contribution in [3.63, 3.8) is 0 Å². The van der Waals surface area contributed by atoms with Crippen LogP contribution in [0, 0.1) is 6.92 Å². The minimum Gasteiger partial charge on any atom is -0.504 e. The van der Waals surface area contributed by atoms with Crippen molar-refractivity contribution in [3.05, 3.63) is 59.0 Å². The first-order valence-electron chi connectivity index (χ1n) is 8.71. The average molecular weight is 390 g/mol. The molecule has 7 nitrogen and oxygen atoms in total. The predicted octanol–water partition coefficient (Wildman–Crippen LogP) is 3.28. The summed E-state index contributed by atoms with van der Waals surface area (Å²) in [6.07, 6.45) is 4.46. The van der Waals surface area contributed by atoms with Crippen molar-refractivity contribution in [1.82, 2.24) is 15.1 Å². The van der Waals surface area contributed by atoms with Crippen molar-refractivity contribution in [2.24, 2.45) is 0 Å². The number of aromatic nitrogens is 2. The number of aromatic hydroxyl groups is 1. The Bertz CT molecular complexity index is 858. The van der Waals surface area contributed by atoms with E-state index in [9.17, 15) is 10.00 Å². The third-order valence-corrected chi connectivity index (χ3v) is 7.16. The van der Waals surface area contributed by atoms with Crippen molar-refractivity contribution in [2.75, 3.05) is 7.11 Å². The minimum atomic E-state index is -2.92. The van der Waals surface area contributed by atoms with Crippen molar-refractivity contribution >= 4 is 7.87 Å². The first-order valence-corrected chi connectivity index (χ1v) is 10.4. The Labute approximate surface area is 159 Å². The molecule has 1 aromatic carbocycles. The molecule has 0 aliphatic carbocycles. The number of hydrogen-bond acceptors (Lipinski definition) is 7. The second-order valence-electron chi connectivity index (χ2n) is 6.73. The second kappa shape index (κ2) is 7.71. The molecule has 1 aliphatic heterocycles. The van der Waals surface area contributed by atoms with Gasteiger partial charge in [0.05, 0.1) is 24.2 Å². The highest BCUT2D eigenvalue weighted by molar-refractivity contribution is 7.64. The Morgan fingerprint density at radius 2 is 2.00 bits per heavy atom. The van der Waals surface area contributed by atoms with Crippen LogP contribution in [0.25, 0.3) is 0 Å². The van der Waals surface area contributed by atoms with Gasteiger partial charge in [0.15, 0.2) is 22.9 Å². The standard InChI is InChI=1S/C19H24N3O4P/c1-12-10-20-11-16(21-12)9-17(27(24)22-13(2)14(3)26-27)7-15-5-6-18(23)19(8-15)25-4/h5-6,8,10-11,17,22,24H,7,9H2,1-4H3/p+1. The molecule has 0 fully saturated rings. The van der Waals surface area contributed by atoms with E-state index in [4.69, 9.17) is 9.26 Å². The maximum atomic E-state index is 11.3. The minimum absolute atomic E-state index is 0.0828. The molecule has 1 aliphatic rings. The molecule has 8 heteroatoms. The third kappa shape index (κ3) is 4.31. The van der Waals surface area contributed by atoms with Crippen LogP contribution in [0.4, 0.5) is 0 Å². The van der Waals surface area contributed by atoms with Crippen molar-refractivity contribution in [1.29, 1.82) is 0 Å². The van der Waals surface area contributed by atoms with Gasteiger partial charge in [0.2, 0.25) is 0 Å².